The highest BCUT2D eigenvalue weighted by atomic mass is 16.5. The van der Waals surface area contributed by atoms with E-state index in [1.54, 1.807) is 7.11 Å². The molecule has 2 N–H and O–H groups in total. The van der Waals surface area contributed by atoms with Gasteiger partial charge in [0.1, 0.15) is 0 Å². The van der Waals surface area contributed by atoms with E-state index >= 15 is 0 Å². The molecule has 0 amide bonds. The smallest absolute Gasteiger partial charge is 0.0824 e. The van der Waals surface area contributed by atoms with Gasteiger partial charge in [0.15, 0.2) is 0 Å². The molecule has 0 aromatic heterocycles. The van der Waals surface area contributed by atoms with Crippen LogP contribution in [0.15, 0.2) is 0 Å². The van der Waals surface area contributed by atoms with E-state index in [-0.39, 0.29) is 5.54 Å². The van der Waals surface area contributed by atoms with E-state index in [1.807, 2.05) is 0 Å². The molecule has 0 aliphatic carbocycles. The van der Waals surface area contributed by atoms with Crippen LogP contribution in [0.3, 0.4) is 0 Å². The molecule has 0 aromatic carbocycles. The van der Waals surface area contributed by atoms with Gasteiger partial charge in [-0.15, -0.1) is 0 Å². The fourth-order valence-electron chi connectivity index (χ4n) is 2.18. The van der Waals surface area contributed by atoms with Gasteiger partial charge >= 0.3 is 0 Å². The molecule has 2 rings (SSSR count). The maximum Gasteiger partial charge on any atom is 0.0824 e. The highest BCUT2D eigenvalue weighted by molar-refractivity contribution is 4.93. The molecule has 2 aliphatic rings. The van der Waals surface area contributed by atoms with E-state index in [9.17, 15) is 0 Å². The zero-order valence-electron chi connectivity index (χ0n) is 8.87. The van der Waals surface area contributed by atoms with E-state index in [0.29, 0.717) is 6.10 Å². The van der Waals surface area contributed by atoms with Gasteiger partial charge in [-0.25, -0.2) is 0 Å². The van der Waals surface area contributed by atoms with Crippen LogP contribution in [0.1, 0.15) is 12.8 Å². The predicted octanol–water partition coefficient (Wildman–Crippen LogP) is -0.175. The maximum absolute atomic E-state index is 6.29. The molecule has 0 bridgehead atoms. The van der Waals surface area contributed by atoms with Crippen LogP contribution in [0.5, 0.6) is 0 Å². The average molecular weight is 200 g/mol. The molecule has 4 nitrogen and oxygen atoms in total. The molecule has 0 saturated carbocycles. The minimum absolute atomic E-state index is 0.0169. The van der Waals surface area contributed by atoms with Gasteiger partial charge in [-0.05, 0) is 12.8 Å². The van der Waals surface area contributed by atoms with Gasteiger partial charge in [-0.2, -0.15) is 0 Å². The Labute approximate surface area is 85.3 Å². The Hall–Kier alpha value is -0.160. The second-order valence-corrected chi connectivity index (χ2v) is 4.53. The number of ether oxygens (including phenoxy) is 2. The Balaban J connectivity index is 1.74. The van der Waals surface area contributed by atoms with Crippen molar-refractivity contribution in [1.82, 2.24) is 4.90 Å². The molecule has 0 aromatic rings. The third-order valence-corrected chi connectivity index (χ3v) is 3.28. The number of nitrogens with two attached hydrogens (primary N) is 1. The molecule has 0 spiro atoms. The second kappa shape index (κ2) is 4.14. The van der Waals surface area contributed by atoms with Gasteiger partial charge in [0.2, 0.25) is 0 Å². The summed E-state index contributed by atoms with van der Waals surface area (Å²) in [4.78, 5) is 2.37. The minimum atomic E-state index is -0.0169. The quantitative estimate of drug-likeness (QED) is 0.687. The van der Waals surface area contributed by atoms with E-state index in [4.69, 9.17) is 15.2 Å². The molecule has 82 valence electrons. The fraction of sp³-hybridized carbons (Fsp3) is 1.00. The van der Waals surface area contributed by atoms with Crippen LogP contribution in [0.4, 0.5) is 0 Å². The van der Waals surface area contributed by atoms with Crippen molar-refractivity contribution >= 4 is 0 Å². The number of hydrogen-bond acceptors (Lipinski definition) is 4. The summed E-state index contributed by atoms with van der Waals surface area (Å²) in [6.45, 7) is 4.71. The van der Waals surface area contributed by atoms with Gasteiger partial charge in [0, 0.05) is 45.5 Å². The summed E-state index contributed by atoms with van der Waals surface area (Å²) < 4.78 is 10.5. The summed E-state index contributed by atoms with van der Waals surface area (Å²) in [7, 11) is 1.77. The first-order chi connectivity index (χ1) is 6.72. The highest BCUT2D eigenvalue weighted by Crippen LogP contribution is 2.22. The van der Waals surface area contributed by atoms with Crippen molar-refractivity contribution in [3.8, 4) is 0 Å². The first-order valence-electron chi connectivity index (χ1n) is 5.34. The predicted molar refractivity (Wildman–Crippen MR) is 54.2 cm³/mol. The molecule has 2 heterocycles. The molecule has 14 heavy (non-hydrogen) atoms. The lowest BCUT2D eigenvalue weighted by molar-refractivity contribution is -0.0496. The third-order valence-electron chi connectivity index (χ3n) is 3.28. The van der Waals surface area contributed by atoms with Gasteiger partial charge in [0.25, 0.3) is 0 Å². The summed E-state index contributed by atoms with van der Waals surface area (Å²) in [5.74, 6) is 0. The molecular weight excluding hydrogens is 180 g/mol. The number of hydrogen-bond donors (Lipinski definition) is 1. The van der Waals surface area contributed by atoms with Crippen molar-refractivity contribution in [2.45, 2.75) is 24.5 Å². The summed E-state index contributed by atoms with van der Waals surface area (Å²) in [5.41, 5.74) is 6.28. The Morgan fingerprint density at radius 2 is 2.07 bits per heavy atom. The maximum atomic E-state index is 6.29. The fourth-order valence-corrected chi connectivity index (χ4v) is 2.18. The van der Waals surface area contributed by atoms with Gasteiger partial charge in [-0.1, -0.05) is 0 Å². The van der Waals surface area contributed by atoms with Crippen molar-refractivity contribution in [2.75, 3.05) is 40.0 Å². The first kappa shape index (κ1) is 10.4. The summed E-state index contributed by atoms with van der Waals surface area (Å²) in [5, 5.41) is 0. The SMILES string of the molecule is COC1CN(CC2(N)CCOCC2)C1. The lowest BCUT2D eigenvalue weighted by Gasteiger charge is -2.44. The molecule has 0 unspecified atom stereocenters. The first-order valence-corrected chi connectivity index (χ1v) is 5.34. The van der Waals surface area contributed by atoms with Crippen LogP contribution >= 0.6 is 0 Å². The summed E-state index contributed by atoms with van der Waals surface area (Å²) in [6.07, 6.45) is 2.40. The monoisotopic (exact) mass is 200 g/mol. The molecule has 2 aliphatic heterocycles. The van der Waals surface area contributed by atoms with E-state index in [2.05, 4.69) is 4.90 Å². The van der Waals surface area contributed by atoms with Crippen LogP contribution in [0.25, 0.3) is 0 Å². The average Bonchev–Trinajstić information content (AvgIpc) is 2.12. The Bertz CT molecular complexity index is 187. The second-order valence-electron chi connectivity index (χ2n) is 4.53. The summed E-state index contributed by atoms with van der Waals surface area (Å²) >= 11 is 0. The number of methoxy groups -OCH3 is 1. The zero-order chi connectivity index (χ0) is 10.0. The third kappa shape index (κ3) is 2.25. The normalized spacial score (nSPS) is 28.7. The van der Waals surface area contributed by atoms with E-state index < -0.39 is 0 Å². The van der Waals surface area contributed by atoms with Crippen molar-refractivity contribution in [1.29, 1.82) is 0 Å². The van der Waals surface area contributed by atoms with Crippen LogP contribution in [0.2, 0.25) is 0 Å². The van der Waals surface area contributed by atoms with E-state index in [0.717, 1.165) is 45.7 Å². The molecule has 2 fully saturated rings. The van der Waals surface area contributed by atoms with Crippen LogP contribution in [0, 0.1) is 0 Å². The highest BCUT2D eigenvalue weighted by Gasteiger charge is 2.35. The summed E-state index contributed by atoms with van der Waals surface area (Å²) in [6, 6.07) is 0. The lowest BCUT2D eigenvalue weighted by atomic mass is 9.89. The topological polar surface area (TPSA) is 47.7 Å². The van der Waals surface area contributed by atoms with Gasteiger partial charge in [0.05, 0.1) is 6.10 Å². The molecule has 0 radical (unpaired) electrons. The molecule has 2 saturated heterocycles. The minimum Gasteiger partial charge on any atom is -0.381 e. The van der Waals surface area contributed by atoms with Gasteiger partial charge in [-0.3, -0.25) is 4.90 Å². The number of likely N-dealkylation sites (tertiary alicyclic amines) is 1. The molecule has 0 atom stereocenters. The Morgan fingerprint density at radius 3 is 2.64 bits per heavy atom. The Kier molecular flexibility index (Phi) is 3.07. The lowest BCUT2D eigenvalue weighted by Crippen LogP contribution is -2.61. The largest absolute Gasteiger partial charge is 0.381 e. The van der Waals surface area contributed by atoms with Crippen molar-refractivity contribution < 1.29 is 9.47 Å². The Morgan fingerprint density at radius 1 is 1.43 bits per heavy atom. The van der Waals surface area contributed by atoms with Crippen molar-refractivity contribution in [2.24, 2.45) is 5.73 Å². The zero-order valence-corrected chi connectivity index (χ0v) is 8.87. The molecular formula is C10H20N2O2. The standard InChI is InChI=1S/C10H20N2O2/c1-13-9-6-12(7-9)8-10(11)2-4-14-5-3-10/h9H,2-8,11H2,1H3. The van der Waals surface area contributed by atoms with Gasteiger partial charge < -0.3 is 15.2 Å². The number of rotatable bonds is 3. The molecule has 4 heteroatoms. The van der Waals surface area contributed by atoms with Crippen LogP contribution in [-0.4, -0.2) is 56.5 Å². The van der Waals surface area contributed by atoms with Crippen LogP contribution in [-0.2, 0) is 9.47 Å². The van der Waals surface area contributed by atoms with Crippen LogP contribution < -0.4 is 5.73 Å². The van der Waals surface area contributed by atoms with E-state index in [1.165, 1.54) is 0 Å². The van der Waals surface area contributed by atoms with Crippen molar-refractivity contribution in [3.63, 3.8) is 0 Å². The number of nitrogens with zero attached hydrogens (tertiary/aromatic N) is 1. The van der Waals surface area contributed by atoms with Crippen molar-refractivity contribution in [3.05, 3.63) is 0 Å².